The van der Waals surface area contributed by atoms with Gasteiger partial charge >= 0.3 is 0 Å². The molecule has 1 heterocycles. The Kier molecular flexibility index (Phi) is 4.37. The molecule has 5 heteroatoms. The van der Waals surface area contributed by atoms with E-state index in [4.69, 9.17) is 5.73 Å². The van der Waals surface area contributed by atoms with Crippen LogP contribution in [0.1, 0.15) is 18.9 Å². The highest BCUT2D eigenvalue weighted by Crippen LogP contribution is 2.17. The maximum absolute atomic E-state index is 10.7. The quantitative estimate of drug-likeness (QED) is 0.670. The molecule has 0 saturated heterocycles. The van der Waals surface area contributed by atoms with E-state index in [-0.39, 0.29) is 5.12 Å². The number of thioether (sulfide) groups is 1. The van der Waals surface area contributed by atoms with E-state index in [1.54, 1.807) is 6.92 Å². The molecule has 0 aliphatic rings. The SMILES string of the molecule is CC(=O)SCCC#Cc1ccc2ncnc(N)c2c1. The zero-order chi connectivity index (χ0) is 13.7. The molecule has 0 spiro atoms. The van der Waals surface area contributed by atoms with Crippen LogP contribution in [0.3, 0.4) is 0 Å². The highest BCUT2D eigenvalue weighted by atomic mass is 32.2. The lowest BCUT2D eigenvalue weighted by atomic mass is 10.1. The third-order valence-electron chi connectivity index (χ3n) is 2.43. The van der Waals surface area contributed by atoms with Gasteiger partial charge in [-0.3, -0.25) is 4.79 Å². The maximum Gasteiger partial charge on any atom is 0.185 e. The molecular weight excluding hydrogens is 258 g/mol. The van der Waals surface area contributed by atoms with E-state index in [1.165, 1.54) is 18.1 Å². The van der Waals surface area contributed by atoms with Crippen LogP contribution in [0.2, 0.25) is 0 Å². The van der Waals surface area contributed by atoms with Crippen molar-refractivity contribution in [3.63, 3.8) is 0 Å². The van der Waals surface area contributed by atoms with E-state index in [9.17, 15) is 4.79 Å². The fourth-order valence-electron chi connectivity index (χ4n) is 1.56. The Labute approximate surface area is 115 Å². The Morgan fingerprint density at radius 1 is 1.42 bits per heavy atom. The lowest BCUT2D eigenvalue weighted by Gasteiger charge is -1.99. The van der Waals surface area contributed by atoms with Crippen LogP contribution >= 0.6 is 11.8 Å². The summed E-state index contributed by atoms with van der Waals surface area (Å²) in [5.41, 5.74) is 7.48. The van der Waals surface area contributed by atoms with Gasteiger partial charge in [0.05, 0.1) is 5.52 Å². The van der Waals surface area contributed by atoms with Gasteiger partial charge in [-0.2, -0.15) is 0 Å². The maximum atomic E-state index is 10.7. The van der Waals surface area contributed by atoms with E-state index >= 15 is 0 Å². The number of nitrogens with zero attached hydrogens (tertiary/aromatic N) is 2. The molecule has 0 unspecified atom stereocenters. The molecular formula is C14H13N3OS. The number of nitrogens with two attached hydrogens (primary N) is 1. The molecule has 2 rings (SSSR count). The molecule has 0 fully saturated rings. The van der Waals surface area contributed by atoms with Crippen molar-refractivity contribution in [1.82, 2.24) is 9.97 Å². The standard InChI is InChI=1S/C14H13N3OS/c1-10(18)19-7-3-2-4-11-5-6-13-12(8-11)14(15)17-9-16-13/h5-6,8-9H,3,7H2,1H3,(H2,15,16,17). The molecule has 1 aromatic carbocycles. The molecule has 4 nitrogen and oxygen atoms in total. The van der Waals surface area contributed by atoms with Gasteiger partial charge in [-0.25, -0.2) is 9.97 Å². The van der Waals surface area contributed by atoms with E-state index in [0.717, 1.165) is 22.2 Å². The van der Waals surface area contributed by atoms with E-state index in [2.05, 4.69) is 21.8 Å². The molecule has 0 bridgehead atoms. The number of nitrogen functional groups attached to an aromatic ring is 1. The van der Waals surface area contributed by atoms with Crippen molar-refractivity contribution >= 4 is 33.6 Å². The van der Waals surface area contributed by atoms with Gasteiger partial charge in [0.25, 0.3) is 0 Å². The van der Waals surface area contributed by atoms with Crippen LogP contribution in [0, 0.1) is 11.8 Å². The fourth-order valence-corrected chi connectivity index (χ4v) is 2.06. The first-order valence-corrected chi connectivity index (χ1v) is 6.78. The number of hydrogen-bond donors (Lipinski definition) is 1. The van der Waals surface area contributed by atoms with Crippen molar-refractivity contribution in [2.45, 2.75) is 13.3 Å². The molecule has 2 aromatic rings. The first-order valence-electron chi connectivity index (χ1n) is 5.79. The highest BCUT2D eigenvalue weighted by molar-refractivity contribution is 8.13. The van der Waals surface area contributed by atoms with Gasteiger partial charge in [-0.15, -0.1) is 0 Å². The first kappa shape index (κ1) is 13.4. The zero-order valence-corrected chi connectivity index (χ0v) is 11.3. The summed E-state index contributed by atoms with van der Waals surface area (Å²) in [4.78, 5) is 18.8. The summed E-state index contributed by atoms with van der Waals surface area (Å²) in [6.07, 6.45) is 2.13. The molecule has 0 amide bonds. The highest BCUT2D eigenvalue weighted by Gasteiger charge is 2.00. The van der Waals surface area contributed by atoms with Crippen molar-refractivity contribution in [3.8, 4) is 11.8 Å². The van der Waals surface area contributed by atoms with Crippen LogP contribution < -0.4 is 5.73 Å². The van der Waals surface area contributed by atoms with Crippen molar-refractivity contribution in [2.75, 3.05) is 11.5 Å². The molecule has 0 radical (unpaired) electrons. The first-order chi connectivity index (χ1) is 9.16. The Balaban J connectivity index is 2.11. The molecule has 0 atom stereocenters. The van der Waals surface area contributed by atoms with Crippen molar-refractivity contribution in [3.05, 3.63) is 30.1 Å². The number of hydrogen-bond acceptors (Lipinski definition) is 5. The number of anilines is 1. The average Bonchev–Trinajstić information content (AvgIpc) is 2.39. The molecule has 0 aliphatic carbocycles. The van der Waals surface area contributed by atoms with Crippen LogP contribution in [0.15, 0.2) is 24.5 Å². The summed E-state index contributed by atoms with van der Waals surface area (Å²) >= 11 is 1.29. The van der Waals surface area contributed by atoms with Gasteiger partial charge in [0.15, 0.2) is 5.12 Å². The van der Waals surface area contributed by atoms with Gasteiger partial charge in [0, 0.05) is 30.0 Å². The summed E-state index contributed by atoms with van der Waals surface area (Å²) in [5, 5.41) is 0.935. The van der Waals surface area contributed by atoms with Gasteiger partial charge in [-0.05, 0) is 18.2 Å². The fraction of sp³-hybridized carbons (Fsp3) is 0.214. The Morgan fingerprint density at radius 3 is 3.05 bits per heavy atom. The van der Waals surface area contributed by atoms with E-state index < -0.39 is 0 Å². The number of fused-ring (bicyclic) bond motifs is 1. The van der Waals surface area contributed by atoms with Gasteiger partial charge in [-0.1, -0.05) is 23.6 Å². The van der Waals surface area contributed by atoms with Crippen molar-refractivity contribution in [2.24, 2.45) is 0 Å². The van der Waals surface area contributed by atoms with Crippen LogP contribution in [-0.2, 0) is 4.79 Å². The summed E-state index contributed by atoms with van der Waals surface area (Å²) in [6.45, 7) is 1.56. The van der Waals surface area contributed by atoms with Crippen molar-refractivity contribution in [1.29, 1.82) is 0 Å². The number of aromatic nitrogens is 2. The predicted molar refractivity (Wildman–Crippen MR) is 78.6 cm³/mol. The zero-order valence-electron chi connectivity index (χ0n) is 10.5. The van der Waals surface area contributed by atoms with Crippen molar-refractivity contribution < 1.29 is 4.79 Å². The minimum Gasteiger partial charge on any atom is -0.383 e. The number of carbonyl (C=O) groups excluding carboxylic acids is 1. The van der Waals surface area contributed by atoms with Crippen LogP contribution in [0.5, 0.6) is 0 Å². The monoisotopic (exact) mass is 271 g/mol. The average molecular weight is 271 g/mol. The molecule has 2 N–H and O–H groups in total. The Morgan fingerprint density at radius 2 is 2.26 bits per heavy atom. The Hall–Kier alpha value is -2.06. The minimum atomic E-state index is 0.123. The second kappa shape index (κ2) is 6.21. The minimum absolute atomic E-state index is 0.123. The van der Waals surface area contributed by atoms with E-state index in [1.807, 2.05) is 18.2 Å². The van der Waals surface area contributed by atoms with Gasteiger partial charge in [0.2, 0.25) is 0 Å². The summed E-state index contributed by atoms with van der Waals surface area (Å²) in [5.74, 6) is 7.27. The number of carbonyl (C=O) groups is 1. The largest absolute Gasteiger partial charge is 0.383 e. The lowest BCUT2D eigenvalue weighted by Crippen LogP contribution is -1.93. The summed E-state index contributed by atoms with van der Waals surface area (Å²) in [6, 6.07) is 5.66. The normalized spacial score (nSPS) is 9.95. The second-order valence-corrected chi connectivity index (χ2v) is 5.15. The molecule has 19 heavy (non-hydrogen) atoms. The number of benzene rings is 1. The molecule has 96 valence electrons. The van der Waals surface area contributed by atoms with Gasteiger partial charge < -0.3 is 5.73 Å². The molecule has 0 saturated carbocycles. The smallest absolute Gasteiger partial charge is 0.185 e. The molecule has 0 aliphatic heterocycles. The van der Waals surface area contributed by atoms with Crippen LogP contribution in [0.25, 0.3) is 10.9 Å². The second-order valence-electron chi connectivity index (χ2n) is 3.88. The number of rotatable bonds is 2. The predicted octanol–water partition coefficient (Wildman–Crippen LogP) is 2.23. The summed E-state index contributed by atoms with van der Waals surface area (Å²) < 4.78 is 0. The van der Waals surface area contributed by atoms with Crippen LogP contribution in [-0.4, -0.2) is 20.8 Å². The van der Waals surface area contributed by atoms with Crippen LogP contribution in [0.4, 0.5) is 5.82 Å². The van der Waals surface area contributed by atoms with E-state index in [0.29, 0.717) is 12.2 Å². The third kappa shape index (κ3) is 3.70. The Bertz CT molecular complexity index is 673. The third-order valence-corrected chi connectivity index (χ3v) is 3.25. The molecule has 1 aromatic heterocycles. The van der Waals surface area contributed by atoms with Gasteiger partial charge in [0.1, 0.15) is 12.1 Å². The summed E-state index contributed by atoms with van der Waals surface area (Å²) in [7, 11) is 0. The lowest BCUT2D eigenvalue weighted by molar-refractivity contribution is -0.109. The topological polar surface area (TPSA) is 68.9 Å².